The number of rotatable bonds is 4. The Morgan fingerprint density at radius 3 is 1.78 bits per heavy atom. The molecule has 8 aromatic carbocycles. The second-order valence-corrected chi connectivity index (χ2v) is 14.9. The highest BCUT2D eigenvalue weighted by molar-refractivity contribution is 6.10. The van der Waals surface area contributed by atoms with Crippen molar-refractivity contribution in [3.05, 3.63) is 199 Å². The lowest BCUT2D eigenvalue weighted by Crippen LogP contribution is -2.22. The van der Waals surface area contributed by atoms with E-state index in [2.05, 4.69) is 198 Å². The van der Waals surface area contributed by atoms with E-state index in [0.717, 1.165) is 28.3 Å². The fourth-order valence-electron chi connectivity index (χ4n) is 9.67. The van der Waals surface area contributed by atoms with Gasteiger partial charge < -0.3 is 4.57 Å². The lowest BCUT2D eigenvalue weighted by Gasteiger charge is -2.28. The summed E-state index contributed by atoms with van der Waals surface area (Å²) in [4.78, 5) is 5.41. The van der Waals surface area contributed by atoms with Gasteiger partial charge in [-0.2, -0.15) is 0 Å². The summed E-state index contributed by atoms with van der Waals surface area (Å²) in [6.45, 7) is 2.39. The fraction of sp³-hybridized carbons (Fsp3) is 0.0392. The molecule has 1 atom stereocenters. The van der Waals surface area contributed by atoms with Crippen molar-refractivity contribution in [3.8, 4) is 56.1 Å². The Kier molecular flexibility index (Phi) is 5.91. The van der Waals surface area contributed by atoms with Crippen molar-refractivity contribution in [1.29, 1.82) is 0 Å². The Labute approximate surface area is 313 Å². The topological polar surface area (TPSA) is 22.8 Å². The molecule has 0 bridgehead atoms. The van der Waals surface area contributed by atoms with Crippen LogP contribution in [0.2, 0.25) is 0 Å². The van der Waals surface area contributed by atoms with E-state index in [0.29, 0.717) is 0 Å². The largest absolute Gasteiger partial charge is 0.309 e. The second-order valence-electron chi connectivity index (χ2n) is 14.9. The van der Waals surface area contributed by atoms with Crippen LogP contribution in [0.25, 0.3) is 89.0 Å². The van der Waals surface area contributed by atoms with Gasteiger partial charge in [0, 0.05) is 38.6 Å². The van der Waals surface area contributed by atoms with Gasteiger partial charge in [0.05, 0.1) is 27.8 Å². The molecule has 0 saturated heterocycles. The van der Waals surface area contributed by atoms with E-state index in [9.17, 15) is 0 Å². The standard InChI is InChI=1S/C51H33N3/c1-51(35-12-3-2-4-13-35)41-18-11-17-40-39-16-7-10-21-46(39)54-49-43(31-30-42(51)48(49)47(40)41)52-50(54)34-24-22-32(23-25-34)33-26-28-36(29-27-33)53-44-19-8-5-14-37(44)38-15-6-9-20-45(38)53/h2-31H,1H3. The number of imidazole rings is 1. The van der Waals surface area contributed by atoms with Gasteiger partial charge in [0.15, 0.2) is 0 Å². The predicted octanol–water partition coefficient (Wildman–Crippen LogP) is 12.8. The zero-order valence-electron chi connectivity index (χ0n) is 29.7. The second kappa shape index (κ2) is 10.8. The van der Waals surface area contributed by atoms with Crippen molar-refractivity contribution in [2.45, 2.75) is 12.3 Å². The smallest absolute Gasteiger partial charge is 0.145 e. The van der Waals surface area contributed by atoms with Crippen LogP contribution in [0.3, 0.4) is 0 Å². The highest BCUT2D eigenvalue weighted by Gasteiger charge is 2.44. The maximum absolute atomic E-state index is 5.41. The SMILES string of the molecule is CC1(c2ccccc2)c2cccc3c2-c2c1ccc1nc(-c4ccc(-c5ccc(-n6c7ccccc7c7ccccc76)cc5)cc4)n(c21)-c1ccccc1-3. The zero-order valence-corrected chi connectivity index (χ0v) is 29.7. The van der Waals surface area contributed by atoms with Crippen LogP contribution in [-0.4, -0.2) is 14.1 Å². The molecule has 2 aliphatic rings. The molecule has 252 valence electrons. The summed E-state index contributed by atoms with van der Waals surface area (Å²) in [7, 11) is 0. The number of hydrogen-bond donors (Lipinski definition) is 0. The highest BCUT2D eigenvalue weighted by atomic mass is 15.1. The molecule has 0 amide bonds. The summed E-state index contributed by atoms with van der Waals surface area (Å²) < 4.78 is 4.80. The number of para-hydroxylation sites is 3. The van der Waals surface area contributed by atoms with Crippen molar-refractivity contribution < 1.29 is 0 Å². The molecule has 10 aromatic rings. The van der Waals surface area contributed by atoms with E-state index >= 15 is 0 Å². The summed E-state index contributed by atoms with van der Waals surface area (Å²) in [5.74, 6) is 0.960. The molecule has 0 saturated carbocycles. The fourth-order valence-corrected chi connectivity index (χ4v) is 9.67. The molecule has 2 aromatic heterocycles. The van der Waals surface area contributed by atoms with E-state index in [1.54, 1.807) is 0 Å². The number of benzene rings is 8. The van der Waals surface area contributed by atoms with Gasteiger partial charge >= 0.3 is 0 Å². The Morgan fingerprint density at radius 1 is 0.444 bits per heavy atom. The van der Waals surface area contributed by atoms with Gasteiger partial charge in [0.25, 0.3) is 0 Å². The van der Waals surface area contributed by atoms with Crippen LogP contribution in [0.1, 0.15) is 23.6 Å². The van der Waals surface area contributed by atoms with Gasteiger partial charge in [0.1, 0.15) is 5.82 Å². The maximum atomic E-state index is 5.41. The van der Waals surface area contributed by atoms with Crippen LogP contribution in [0.15, 0.2) is 182 Å². The van der Waals surface area contributed by atoms with Gasteiger partial charge in [-0.3, -0.25) is 4.57 Å². The van der Waals surface area contributed by atoms with Crippen molar-refractivity contribution in [2.24, 2.45) is 0 Å². The van der Waals surface area contributed by atoms with Crippen LogP contribution >= 0.6 is 0 Å². The molecule has 3 heteroatoms. The summed E-state index contributed by atoms with van der Waals surface area (Å²) in [6, 6.07) is 66.5. The number of hydrogen-bond acceptors (Lipinski definition) is 1. The molecule has 1 unspecified atom stereocenters. The first-order valence-corrected chi connectivity index (χ1v) is 18.7. The first kappa shape index (κ1) is 29.6. The first-order valence-electron chi connectivity index (χ1n) is 18.7. The number of aromatic nitrogens is 3. The molecule has 3 nitrogen and oxygen atoms in total. The summed E-state index contributed by atoms with van der Waals surface area (Å²) in [6.07, 6.45) is 0. The molecule has 0 spiro atoms. The summed E-state index contributed by atoms with van der Waals surface area (Å²) in [5.41, 5.74) is 19.3. The maximum Gasteiger partial charge on any atom is 0.145 e. The molecular weight excluding hydrogens is 655 g/mol. The van der Waals surface area contributed by atoms with Crippen molar-refractivity contribution in [2.75, 3.05) is 0 Å². The minimum Gasteiger partial charge on any atom is -0.309 e. The van der Waals surface area contributed by atoms with Gasteiger partial charge in [-0.15, -0.1) is 0 Å². The monoisotopic (exact) mass is 687 g/mol. The highest BCUT2D eigenvalue weighted by Crippen LogP contribution is 2.59. The van der Waals surface area contributed by atoms with Gasteiger partial charge in [-0.25, -0.2) is 4.98 Å². The third-order valence-electron chi connectivity index (χ3n) is 12.2. The molecule has 3 heterocycles. The van der Waals surface area contributed by atoms with E-state index in [4.69, 9.17) is 4.98 Å². The van der Waals surface area contributed by atoms with Crippen LogP contribution in [0.5, 0.6) is 0 Å². The minimum absolute atomic E-state index is 0.281. The summed E-state index contributed by atoms with van der Waals surface area (Å²) >= 11 is 0. The Hall–Kier alpha value is -6.97. The average Bonchev–Trinajstić information content (AvgIpc) is 3.85. The van der Waals surface area contributed by atoms with Gasteiger partial charge in [-0.05, 0) is 82.3 Å². The number of nitrogens with zero attached hydrogens (tertiary/aromatic N) is 3. The Balaban J connectivity index is 1.00. The minimum atomic E-state index is -0.281. The van der Waals surface area contributed by atoms with E-state index in [1.165, 1.54) is 77.4 Å². The van der Waals surface area contributed by atoms with Crippen molar-refractivity contribution >= 4 is 32.8 Å². The quantitative estimate of drug-likeness (QED) is 0.181. The van der Waals surface area contributed by atoms with Crippen LogP contribution < -0.4 is 0 Å². The lowest BCUT2D eigenvalue weighted by molar-refractivity contribution is 0.714. The number of fused-ring (bicyclic) bond motifs is 6. The van der Waals surface area contributed by atoms with E-state index < -0.39 is 0 Å². The lowest BCUT2D eigenvalue weighted by atomic mass is 9.74. The molecule has 1 aliphatic heterocycles. The normalized spacial score (nSPS) is 15.2. The van der Waals surface area contributed by atoms with Crippen LogP contribution in [-0.2, 0) is 5.41 Å². The Morgan fingerprint density at radius 2 is 1.04 bits per heavy atom. The molecule has 0 radical (unpaired) electrons. The van der Waals surface area contributed by atoms with Crippen LogP contribution in [0, 0.1) is 0 Å². The average molecular weight is 688 g/mol. The molecule has 54 heavy (non-hydrogen) atoms. The van der Waals surface area contributed by atoms with Crippen molar-refractivity contribution in [1.82, 2.24) is 14.1 Å². The molecule has 1 aliphatic carbocycles. The first-order chi connectivity index (χ1) is 26.7. The van der Waals surface area contributed by atoms with Gasteiger partial charge in [-0.1, -0.05) is 146 Å². The molecule has 0 N–H and O–H groups in total. The van der Waals surface area contributed by atoms with Crippen LogP contribution in [0.4, 0.5) is 0 Å². The zero-order chi connectivity index (χ0) is 35.5. The molecular formula is C51H33N3. The molecule has 0 fully saturated rings. The third kappa shape index (κ3) is 3.83. The van der Waals surface area contributed by atoms with E-state index in [-0.39, 0.29) is 5.41 Å². The summed E-state index contributed by atoms with van der Waals surface area (Å²) in [5, 5.41) is 2.55. The Bertz CT molecular complexity index is 3090. The third-order valence-corrected chi connectivity index (χ3v) is 12.2. The molecule has 12 rings (SSSR count). The van der Waals surface area contributed by atoms with Gasteiger partial charge in [0.2, 0.25) is 0 Å². The van der Waals surface area contributed by atoms with E-state index in [1.807, 2.05) is 0 Å². The van der Waals surface area contributed by atoms with Crippen molar-refractivity contribution in [3.63, 3.8) is 0 Å². The predicted molar refractivity (Wildman–Crippen MR) is 223 cm³/mol.